The van der Waals surface area contributed by atoms with E-state index in [0.29, 0.717) is 12.4 Å². The van der Waals surface area contributed by atoms with Crippen molar-refractivity contribution in [2.24, 2.45) is 0 Å². The first-order valence-corrected chi connectivity index (χ1v) is 6.39. The van der Waals surface area contributed by atoms with Crippen LogP contribution in [0.25, 0.3) is 0 Å². The molecule has 6 nitrogen and oxygen atoms in total. The number of nitrogens with one attached hydrogen (secondary N) is 1. The van der Waals surface area contributed by atoms with Crippen molar-refractivity contribution >= 4 is 22.8 Å². The molecule has 0 unspecified atom stereocenters. The van der Waals surface area contributed by atoms with E-state index in [1.54, 1.807) is 11.3 Å². The summed E-state index contributed by atoms with van der Waals surface area (Å²) in [4.78, 5) is 15.2. The molecule has 2 rings (SSSR count). The Labute approximate surface area is 113 Å². The van der Waals surface area contributed by atoms with Gasteiger partial charge >= 0.3 is 0 Å². The van der Waals surface area contributed by atoms with Gasteiger partial charge in [0.25, 0.3) is 5.69 Å². The summed E-state index contributed by atoms with van der Waals surface area (Å²) in [6.07, 6.45) is 1.97. The highest BCUT2D eigenvalue weighted by Crippen LogP contribution is 2.18. The first kappa shape index (κ1) is 13.0. The average Bonchev–Trinajstić information content (AvgIpc) is 2.92. The topological polar surface area (TPSA) is 91.8 Å². The smallest absolute Gasteiger partial charge is 0.289 e. The van der Waals surface area contributed by atoms with Crippen molar-refractivity contribution < 1.29 is 4.92 Å². The van der Waals surface area contributed by atoms with Crippen LogP contribution in [0.3, 0.4) is 0 Å². The van der Waals surface area contributed by atoms with E-state index < -0.39 is 4.92 Å². The third-order valence-electron chi connectivity index (χ3n) is 2.45. The van der Waals surface area contributed by atoms with Crippen molar-refractivity contribution in [3.05, 3.63) is 50.3 Å². The minimum absolute atomic E-state index is 0.180. The van der Waals surface area contributed by atoms with Gasteiger partial charge in [-0.1, -0.05) is 6.07 Å². The summed E-state index contributed by atoms with van der Waals surface area (Å²) in [5.41, 5.74) is 0.000682. The molecule has 0 aliphatic heterocycles. The fourth-order valence-electron chi connectivity index (χ4n) is 1.54. The van der Waals surface area contributed by atoms with Crippen molar-refractivity contribution in [2.45, 2.75) is 6.42 Å². The molecule has 96 valence electrons. The van der Waals surface area contributed by atoms with Crippen molar-refractivity contribution in [1.29, 1.82) is 5.26 Å². The van der Waals surface area contributed by atoms with Gasteiger partial charge in [0.2, 0.25) is 0 Å². The van der Waals surface area contributed by atoms with E-state index in [0.717, 1.165) is 12.6 Å². The number of nitriles is 1. The third kappa shape index (κ3) is 3.26. The van der Waals surface area contributed by atoms with Gasteiger partial charge in [-0.2, -0.15) is 5.26 Å². The predicted octanol–water partition coefficient (Wildman–Crippen LogP) is 2.58. The first-order valence-electron chi connectivity index (χ1n) is 5.51. The van der Waals surface area contributed by atoms with Gasteiger partial charge < -0.3 is 5.32 Å². The van der Waals surface area contributed by atoms with Crippen LogP contribution in [0.5, 0.6) is 0 Å². The number of nitrogens with zero attached hydrogens (tertiary/aromatic N) is 3. The summed E-state index contributed by atoms with van der Waals surface area (Å²) < 4.78 is 0. The second-order valence-electron chi connectivity index (χ2n) is 3.71. The number of hydrogen-bond acceptors (Lipinski definition) is 6. The quantitative estimate of drug-likeness (QED) is 0.668. The molecule has 0 saturated carbocycles. The molecule has 0 saturated heterocycles. The fraction of sp³-hybridized carbons (Fsp3) is 0.167. The minimum Gasteiger partial charge on any atom is -0.369 e. The predicted molar refractivity (Wildman–Crippen MR) is 72.1 cm³/mol. The Morgan fingerprint density at radius 3 is 3.05 bits per heavy atom. The lowest BCUT2D eigenvalue weighted by Gasteiger charge is -2.05. The van der Waals surface area contributed by atoms with Crippen molar-refractivity contribution in [3.8, 4) is 6.07 Å². The van der Waals surface area contributed by atoms with E-state index in [1.165, 1.54) is 10.9 Å². The molecule has 19 heavy (non-hydrogen) atoms. The second kappa shape index (κ2) is 5.93. The highest BCUT2D eigenvalue weighted by molar-refractivity contribution is 7.09. The molecule has 2 aromatic heterocycles. The monoisotopic (exact) mass is 274 g/mol. The zero-order chi connectivity index (χ0) is 13.7. The van der Waals surface area contributed by atoms with Crippen LogP contribution in [0.15, 0.2) is 29.8 Å². The Morgan fingerprint density at radius 2 is 2.42 bits per heavy atom. The van der Waals surface area contributed by atoms with Gasteiger partial charge in [0.05, 0.1) is 4.92 Å². The number of anilines is 1. The van der Waals surface area contributed by atoms with Crippen LogP contribution in [-0.2, 0) is 6.42 Å². The number of nitro groups is 1. The Balaban J connectivity index is 2.04. The molecule has 0 bridgehead atoms. The molecule has 7 heteroatoms. The van der Waals surface area contributed by atoms with Gasteiger partial charge in [-0.15, -0.1) is 11.3 Å². The van der Waals surface area contributed by atoms with Gasteiger partial charge in [-0.25, -0.2) is 4.98 Å². The number of rotatable bonds is 5. The highest BCUT2D eigenvalue weighted by atomic mass is 32.1. The highest BCUT2D eigenvalue weighted by Gasteiger charge is 2.11. The van der Waals surface area contributed by atoms with Gasteiger partial charge in [0.15, 0.2) is 0 Å². The second-order valence-corrected chi connectivity index (χ2v) is 4.75. The first-order chi connectivity index (χ1) is 9.20. The molecular weight excluding hydrogens is 264 g/mol. The molecular formula is C12H10N4O2S. The summed E-state index contributed by atoms with van der Waals surface area (Å²) in [5.74, 6) is 0.379. The van der Waals surface area contributed by atoms with Gasteiger partial charge in [0, 0.05) is 17.5 Å². The molecule has 1 N–H and O–H groups in total. The van der Waals surface area contributed by atoms with Crippen LogP contribution in [0.2, 0.25) is 0 Å². The lowest BCUT2D eigenvalue weighted by atomic mass is 10.2. The van der Waals surface area contributed by atoms with E-state index in [4.69, 9.17) is 5.26 Å². The number of aromatic nitrogens is 1. The maximum Gasteiger partial charge on any atom is 0.289 e. The third-order valence-corrected chi connectivity index (χ3v) is 3.38. The molecule has 0 aliphatic carbocycles. The Hall–Kier alpha value is -2.46. The van der Waals surface area contributed by atoms with Crippen LogP contribution in [0.4, 0.5) is 11.5 Å². The largest absolute Gasteiger partial charge is 0.369 e. The summed E-state index contributed by atoms with van der Waals surface area (Å²) in [7, 11) is 0. The molecule has 0 amide bonds. The Morgan fingerprint density at radius 1 is 1.58 bits per heavy atom. The van der Waals surface area contributed by atoms with Crippen molar-refractivity contribution in [2.75, 3.05) is 11.9 Å². The molecule has 0 spiro atoms. The van der Waals surface area contributed by atoms with E-state index >= 15 is 0 Å². The van der Waals surface area contributed by atoms with Crippen molar-refractivity contribution in [1.82, 2.24) is 4.98 Å². The van der Waals surface area contributed by atoms with E-state index in [1.807, 2.05) is 23.6 Å². The van der Waals surface area contributed by atoms with Crippen LogP contribution >= 0.6 is 11.3 Å². The van der Waals surface area contributed by atoms with Crippen LogP contribution in [0.1, 0.15) is 10.4 Å². The number of pyridine rings is 1. The summed E-state index contributed by atoms with van der Waals surface area (Å²) >= 11 is 1.66. The maximum absolute atomic E-state index is 10.6. The molecule has 0 radical (unpaired) electrons. The molecule has 2 aromatic rings. The molecule has 0 aromatic carbocycles. The zero-order valence-corrected chi connectivity index (χ0v) is 10.7. The summed E-state index contributed by atoms with van der Waals surface area (Å²) in [6, 6.07) is 7.14. The van der Waals surface area contributed by atoms with Crippen LogP contribution in [0, 0.1) is 21.4 Å². The van der Waals surface area contributed by atoms with Gasteiger partial charge in [-0.3, -0.25) is 10.1 Å². The minimum atomic E-state index is -0.566. The standard InChI is InChI=1S/C12H10N4O2S/c13-7-9-6-10(16(17)18)8-15-12(9)14-4-3-11-2-1-5-19-11/h1-2,5-6,8H,3-4H2,(H,14,15). The Kier molecular flexibility index (Phi) is 4.05. The molecule has 2 heterocycles. The summed E-state index contributed by atoms with van der Waals surface area (Å²) in [6.45, 7) is 0.625. The van der Waals surface area contributed by atoms with Gasteiger partial charge in [-0.05, 0) is 17.9 Å². The van der Waals surface area contributed by atoms with Crippen LogP contribution in [-0.4, -0.2) is 16.5 Å². The molecule has 0 aliphatic rings. The number of thiophene rings is 1. The van der Waals surface area contributed by atoms with E-state index in [9.17, 15) is 10.1 Å². The lowest BCUT2D eigenvalue weighted by Crippen LogP contribution is -2.07. The normalized spacial score (nSPS) is 9.84. The lowest BCUT2D eigenvalue weighted by molar-refractivity contribution is -0.385. The van der Waals surface area contributed by atoms with E-state index in [-0.39, 0.29) is 11.3 Å². The average molecular weight is 274 g/mol. The van der Waals surface area contributed by atoms with Crippen LogP contribution < -0.4 is 5.32 Å². The van der Waals surface area contributed by atoms with E-state index in [2.05, 4.69) is 10.3 Å². The fourth-order valence-corrected chi connectivity index (χ4v) is 2.25. The maximum atomic E-state index is 10.6. The SMILES string of the molecule is N#Cc1cc([N+](=O)[O-])cnc1NCCc1cccs1. The Bertz CT molecular complexity index is 619. The summed E-state index contributed by atoms with van der Waals surface area (Å²) in [5, 5.41) is 24.6. The number of hydrogen-bond donors (Lipinski definition) is 1. The molecule has 0 atom stereocenters. The van der Waals surface area contributed by atoms with Crippen molar-refractivity contribution in [3.63, 3.8) is 0 Å². The molecule has 0 fully saturated rings. The van der Waals surface area contributed by atoms with Gasteiger partial charge in [0.1, 0.15) is 23.6 Å². The zero-order valence-electron chi connectivity index (χ0n) is 9.87.